The van der Waals surface area contributed by atoms with Crippen molar-refractivity contribution in [2.75, 3.05) is 0 Å². The first kappa shape index (κ1) is 11.5. The minimum absolute atomic E-state index is 0.0310. The van der Waals surface area contributed by atoms with Gasteiger partial charge in [-0.1, -0.05) is 47.1 Å². The molecule has 4 heteroatoms. The lowest BCUT2D eigenvalue weighted by molar-refractivity contribution is 0.321. The van der Waals surface area contributed by atoms with Gasteiger partial charge in [0.15, 0.2) is 5.17 Å². The summed E-state index contributed by atoms with van der Waals surface area (Å²) in [5.74, 6) is 1.37. The fraction of sp³-hybridized carbons (Fsp3) is 0. The molecule has 0 aliphatic carbocycles. The summed E-state index contributed by atoms with van der Waals surface area (Å²) in [6, 6.07) is 16.4. The summed E-state index contributed by atoms with van der Waals surface area (Å²) in [6.07, 6.45) is 0. The van der Waals surface area contributed by atoms with Crippen LogP contribution in [0.5, 0.6) is 11.5 Å². The number of hydrogen-bond acceptors (Lipinski definition) is 3. The Morgan fingerprint density at radius 1 is 1.00 bits per heavy atom. The summed E-state index contributed by atoms with van der Waals surface area (Å²) in [4.78, 5) is 0. The third-order valence-corrected chi connectivity index (χ3v) is 2.43. The van der Waals surface area contributed by atoms with E-state index in [0.717, 1.165) is 5.75 Å². The van der Waals surface area contributed by atoms with Crippen molar-refractivity contribution in [2.24, 2.45) is 5.16 Å². The molecule has 2 aromatic rings. The van der Waals surface area contributed by atoms with Crippen molar-refractivity contribution in [1.82, 2.24) is 0 Å². The van der Waals surface area contributed by atoms with Gasteiger partial charge in [-0.15, -0.1) is 0 Å². The molecular formula is C13H10ClNO2. The van der Waals surface area contributed by atoms with Gasteiger partial charge in [0.05, 0.1) is 0 Å². The van der Waals surface area contributed by atoms with Crippen LogP contribution in [-0.4, -0.2) is 10.4 Å². The quantitative estimate of drug-likeness (QED) is 0.508. The Balaban J connectivity index is 2.23. The first-order chi connectivity index (χ1) is 8.29. The van der Waals surface area contributed by atoms with Gasteiger partial charge in [-0.25, -0.2) is 0 Å². The van der Waals surface area contributed by atoms with Crippen molar-refractivity contribution in [3.63, 3.8) is 0 Å². The molecule has 0 aliphatic heterocycles. The topological polar surface area (TPSA) is 41.8 Å². The monoisotopic (exact) mass is 247 g/mol. The van der Waals surface area contributed by atoms with Gasteiger partial charge in [-0.05, 0) is 24.3 Å². The fourth-order valence-electron chi connectivity index (χ4n) is 1.37. The van der Waals surface area contributed by atoms with E-state index in [4.69, 9.17) is 21.5 Å². The number of rotatable bonds is 3. The molecule has 0 amide bonds. The lowest BCUT2D eigenvalue weighted by atomic mass is 10.2. The maximum absolute atomic E-state index is 8.58. The normalized spacial score (nSPS) is 11.2. The molecular weight excluding hydrogens is 238 g/mol. The highest BCUT2D eigenvalue weighted by molar-refractivity contribution is 6.69. The molecule has 2 rings (SSSR count). The van der Waals surface area contributed by atoms with Crippen LogP contribution >= 0.6 is 11.6 Å². The molecule has 0 fully saturated rings. The van der Waals surface area contributed by atoms with Crippen LogP contribution in [0.4, 0.5) is 0 Å². The predicted octanol–water partition coefficient (Wildman–Crippen LogP) is 3.85. The van der Waals surface area contributed by atoms with Crippen LogP contribution in [0.1, 0.15) is 5.56 Å². The average Bonchev–Trinajstić information content (AvgIpc) is 2.39. The molecule has 17 heavy (non-hydrogen) atoms. The molecule has 0 aliphatic rings. The summed E-state index contributed by atoms with van der Waals surface area (Å²) in [5.41, 5.74) is 0.600. The number of halogens is 1. The number of ether oxygens (including phenoxy) is 1. The number of oxime groups is 1. The van der Waals surface area contributed by atoms with Crippen LogP contribution in [0.3, 0.4) is 0 Å². The lowest BCUT2D eigenvalue weighted by Crippen LogP contribution is -1.92. The zero-order chi connectivity index (χ0) is 12.1. The van der Waals surface area contributed by atoms with Crippen molar-refractivity contribution < 1.29 is 9.94 Å². The van der Waals surface area contributed by atoms with E-state index in [1.54, 1.807) is 24.3 Å². The molecule has 1 N–H and O–H groups in total. The Kier molecular flexibility index (Phi) is 3.62. The number of benzene rings is 2. The summed E-state index contributed by atoms with van der Waals surface area (Å²) in [7, 11) is 0. The first-order valence-corrected chi connectivity index (χ1v) is 5.38. The highest BCUT2D eigenvalue weighted by Gasteiger charge is 2.03. The molecule has 2 aromatic carbocycles. The van der Waals surface area contributed by atoms with Gasteiger partial charge >= 0.3 is 0 Å². The van der Waals surface area contributed by atoms with E-state index in [1.807, 2.05) is 30.3 Å². The van der Waals surface area contributed by atoms with Gasteiger partial charge in [0.25, 0.3) is 0 Å². The Morgan fingerprint density at radius 3 is 2.41 bits per heavy atom. The smallest absolute Gasteiger partial charge is 0.175 e. The van der Waals surface area contributed by atoms with Gasteiger partial charge in [-0.2, -0.15) is 0 Å². The van der Waals surface area contributed by atoms with Gasteiger partial charge < -0.3 is 9.94 Å². The zero-order valence-corrected chi connectivity index (χ0v) is 9.63. The third-order valence-electron chi connectivity index (χ3n) is 2.14. The Labute approximate surface area is 104 Å². The van der Waals surface area contributed by atoms with E-state index >= 15 is 0 Å². The van der Waals surface area contributed by atoms with Gasteiger partial charge in [0, 0.05) is 5.56 Å². The number of para-hydroxylation sites is 1. The molecule has 0 unspecified atom stereocenters. The first-order valence-electron chi connectivity index (χ1n) is 5.00. The maximum Gasteiger partial charge on any atom is 0.175 e. The molecule has 0 radical (unpaired) electrons. The average molecular weight is 248 g/mol. The summed E-state index contributed by atoms with van der Waals surface area (Å²) >= 11 is 5.71. The number of nitrogens with zero attached hydrogens (tertiary/aromatic N) is 1. The highest BCUT2D eigenvalue weighted by Crippen LogP contribution is 2.22. The van der Waals surface area contributed by atoms with Crippen LogP contribution in [0, 0.1) is 0 Å². The van der Waals surface area contributed by atoms with Crippen LogP contribution in [0.2, 0.25) is 0 Å². The largest absolute Gasteiger partial charge is 0.457 e. The standard InChI is InChI=1S/C13H10ClNO2/c14-13(15-16)10-5-4-8-12(9-10)17-11-6-2-1-3-7-11/h1-9,16H/b15-13+. The number of hydrogen-bond donors (Lipinski definition) is 1. The van der Waals surface area contributed by atoms with Crippen molar-refractivity contribution in [1.29, 1.82) is 0 Å². The molecule has 0 bridgehead atoms. The zero-order valence-electron chi connectivity index (χ0n) is 8.88. The SMILES string of the molecule is O/N=C(/Cl)c1cccc(Oc2ccccc2)c1. The Bertz CT molecular complexity index is 526. The highest BCUT2D eigenvalue weighted by atomic mass is 35.5. The van der Waals surface area contributed by atoms with Gasteiger partial charge in [-0.3, -0.25) is 0 Å². The molecule has 0 saturated carbocycles. The van der Waals surface area contributed by atoms with Gasteiger partial charge in [0.1, 0.15) is 11.5 Å². The minimum Gasteiger partial charge on any atom is -0.457 e. The molecule has 0 atom stereocenters. The second-order valence-electron chi connectivity index (χ2n) is 3.33. The van der Waals surface area contributed by atoms with E-state index in [9.17, 15) is 0 Å². The molecule has 86 valence electrons. The fourth-order valence-corrected chi connectivity index (χ4v) is 1.49. The summed E-state index contributed by atoms with van der Waals surface area (Å²) in [5, 5.41) is 11.5. The molecule has 0 aromatic heterocycles. The lowest BCUT2D eigenvalue weighted by Gasteiger charge is -2.06. The van der Waals surface area contributed by atoms with E-state index < -0.39 is 0 Å². The van der Waals surface area contributed by atoms with Crippen molar-refractivity contribution in [3.05, 3.63) is 60.2 Å². The van der Waals surface area contributed by atoms with Crippen molar-refractivity contribution in [3.8, 4) is 11.5 Å². The van der Waals surface area contributed by atoms with Gasteiger partial charge in [0.2, 0.25) is 0 Å². The molecule has 0 saturated heterocycles. The van der Waals surface area contributed by atoms with E-state index in [-0.39, 0.29) is 5.17 Å². The van der Waals surface area contributed by atoms with Crippen molar-refractivity contribution >= 4 is 16.8 Å². The maximum atomic E-state index is 8.58. The summed E-state index contributed by atoms with van der Waals surface area (Å²) in [6.45, 7) is 0. The van der Waals surface area contributed by atoms with E-state index in [2.05, 4.69) is 5.16 Å². The van der Waals surface area contributed by atoms with E-state index in [0.29, 0.717) is 11.3 Å². The summed E-state index contributed by atoms with van der Waals surface area (Å²) < 4.78 is 5.62. The van der Waals surface area contributed by atoms with Crippen LogP contribution < -0.4 is 4.74 Å². The van der Waals surface area contributed by atoms with Crippen LogP contribution in [0.15, 0.2) is 59.8 Å². The molecule has 0 heterocycles. The van der Waals surface area contributed by atoms with Crippen molar-refractivity contribution in [2.45, 2.75) is 0 Å². The molecule has 0 spiro atoms. The molecule has 3 nitrogen and oxygen atoms in total. The van der Waals surface area contributed by atoms with Crippen LogP contribution in [-0.2, 0) is 0 Å². The predicted molar refractivity (Wildman–Crippen MR) is 67.1 cm³/mol. The Morgan fingerprint density at radius 2 is 1.71 bits per heavy atom. The Hall–Kier alpha value is -2.00. The second-order valence-corrected chi connectivity index (χ2v) is 3.69. The third kappa shape index (κ3) is 2.98. The van der Waals surface area contributed by atoms with E-state index in [1.165, 1.54) is 0 Å². The van der Waals surface area contributed by atoms with Crippen LogP contribution in [0.25, 0.3) is 0 Å². The second kappa shape index (κ2) is 5.37. The minimum atomic E-state index is 0.0310.